The molecular formula is C9H8N2O2. The summed E-state index contributed by atoms with van der Waals surface area (Å²) in [6.07, 6.45) is 3.83. The summed E-state index contributed by atoms with van der Waals surface area (Å²) in [7, 11) is 0. The predicted octanol–water partition coefficient (Wildman–Crippen LogP) is 1.16. The van der Waals surface area contributed by atoms with E-state index in [9.17, 15) is 9.90 Å². The SMILES string of the molecule is Cc1c(O)ccn2c(C=O)cnc12. The van der Waals surface area contributed by atoms with Gasteiger partial charge in [-0.1, -0.05) is 0 Å². The van der Waals surface area contributed by atoms with Crippen molar-refractivity contribution in [3.63, 3.8) is 0 Å². The molecule has 1 N–H and O–H groups in total. The van der Waals surface area contributed by atoms with Crippen molar-refractivity contribution in [2.75, 3.05) is 0 Å². The Kier molecular flexibility index (Phi) is 1.55. The molecule has 0 aliphatic heterocycles. The number of aldehydes is 1. The lowest BCUT2D eigenvalue weighted by Crippen LogP contribution is -1.91. The molecule has 4 heteroatoms. The topological polar surface area (TPSA) is 54.6 Å². The molecule has 0 unspecified atom stereocenters. The Morgan fingerprint density at radius 1 is 1.62 bits per heavy atom. The minimum absolute atomic E-state index is 0.190. The standard InChI is InChI=1S/C9H8N2O2/c1-6-8(13)2-3-11-7(5-12)4-10-9(6)11/h2-5,13H,1H3. The average molecular weight is 176 g/mol. The Balaban J connectivity index is 2.88. The molecule has 2 rings (SSSR count). The number of imidazole rings is 1. The van der Waals surface area contributed by atoms with Gasteiger partial charge in [0.1, 0.15) is 17.1 Å². The molecule has 0 amide bonds. The van der Waals surface area contributed by atoms with Crippen LogP contribution in [0.5, 0.6) is 5.75 Å². The zero-order chi connectivity index (χ0) is 9.42. The third-order valence-corrected chi connectivity index (χ3v) is 2.05. The molecule has 0 spiro atoms. The maximum absolute atomic E-state index is 10.6. The summed E-state index contributed by atoms with van der Waals surface area (Å²) in [5.74, 6) is 0.190. The van der Waals surface area contributed by atoms with Gasteiger partial charge in [-0.05, 0) is 13.0 Å². The lowest BCUT2D eigenvalue weighted by molar-refractivity contribution is 0.111. The van der Waals surface area contributed by atoms with Gasteiger partial charge < -0.3 is 5.11 Å². The van der Waals surface area contributed by atoms with Crippen molar-refractivity contribution >= 4 is 11.9 Å². The van der Waals surface area contributed by atoms with Gasteiger partial charge >= 0.3 is 0 Å². The Hall–Kier alpha value is -1.84. The lowest BCUT2D eigenvalue weighted by atomic mass is 10.3. The molecule has 66 valence electrons. The summed E-state index contributed by atoms with van der Waals surface area (Å²) in [4.78, 5) is 14.6. The highest BCUT2D eigenvalue weighted by Crippen LogP contribution is 2.20. The van der Waals surface area contributed by atoms with Crippen LogP contribution in [0.2, 0.25) is 0 Å². The highest BCUT2D eigenvalue weighted by molar-refractivity contribution is 5.74. The number of aromatic nitrogens is 2. The largest absolute Gasteiger partial charge is 0.507 e. The second kappa shape index (κ2) is 2.58. The van der Waals surface area contributed by atoms with Crippen molar-refractivity contribution in [3.05, 3.63) is 29.7 Å². The second-order valence-electron chi connectivity index (χ2n) is 2.82. The van der Waals surface area contributed by atoms with E-state index in [2.05, 4.69) is 4.98 Å². The minimum Gasteiger partial charge on any atom is -0.507 e. The van der Waals surface area contributed by atoms with Crippen LogP contribution in [-0.4, -0.2) is 20.8 Å². The maximum atomic E-state index is 10.6. The van der Waals surface area contributed by atoms with Gasteiger partial charge in [-0.25, -0.2) is 4.98 Å². The zero-order valence-corrected chi connectivity index (χ0v) is 7.06. The Bertz CT molecular complexity index is 474. The number of rotatable bonds is 1. The van der Waals surface area contributed by atoms with E-state index in [4.69, 9.17) is 0 Å². The molecule has 0 saturated carbocycles. The van der Waals surface area contributed by atoms with Crippen LogP contribution < -0.4 is 0 Å². The quantitative estimate of drug-likeness (QED) is 0.663. The predicted molar refractivity (Wildman–Crippen MR) is 47.0 cm³/mol. The van der Waals surface area contributed by atoms with Gasteiger partial charge in [-0.2, -0.15) is 0 Å². The molecule has 0 radical (unpaired) electrons. The molecular weight excluding hydrogens is 168 g/mol. The molecule has 2 heterocycles. The zero-order valence-electron chi connectivity index (χ0n) is 7.06. The van der Waals surface area contributed by atoms with Gasteiger partial charge in [0, 0.05) is 11.8 Å². The van der Waals surface area contributed by atoms with E-state index in [0.29, 0.717) is 16.9 Å². The van der Waals surface area contributed by atoms with Gasteiger partial charge in [-0.15, -0.1) is 0 Å². The van der Waals surface area contributed by atoms with Crippen LogP contribution in [0.4, 0.5) is 0 Å². The van der Waals surface area contributed by atoms with E-state index in [0.717, 1.165) is 6.29 Å². The first-order chi connectivity index (χ1) is 6.24. The van der Waals surface area contributed by atoms with Crippen LogP contribution in [0, 0.1) is 6.92 Å². The number of aromatic hydroxyl groups is 1. The highest BCUT2D eigenvalue weighted by Gasteiger charge is 2.06. The van der Waals surface area contributed by atoms with E-state index in [-0.39, 0.29) is 5.75 Å². The molecule has 0 aliphatic rings. The van der Waals surface area contributed by atoms with E-state index >= 15 is 0 Å². The molecule has 0 aliphatic carbocycles. The Morgan fingerprint density at radius 2 is 2.38 bits per heavy atom. The first-order valence-corrected chi connectivity index (χ1v) is 3.85. The summed E-state index contributed by atoms with van der Waals surface area (Å²) in [5.41, 5.74) is 1.77. The Morgan fingerprint density at radius 3 is 3.08 bits per heavy atom. The Labute approximate surface area is 74.5 Å². The fourth-order valence-corrected chi connectivity index (χ4v) is 1.28. The summed E-state index contributed by atoms with van der Waals surface area (Å²) in [6, 6.07) is 1.54. The summed E-state index contributed by atoms with van der Waals surface area (Å²) in [6.45, 7) is 1.76. The number of hydrogen-bond donors (Lipinski definition) is 1. The van der Waals surface area contributed by atoms with Crippen LogP contribution >= 0.6 is 0 Å². The number of aryl methyl sites for hydroxylation is 1. The fraction of sp³-hybridized carbons (Fsp3) is 0.111. The normalized spacial score (nSPS) is 10.5. The number of hydrogen-bond acceptors (Lipinski definition) is 3. The first kappa shape index (κ1) is 7.79. The molecule has 0 bridgehead atoms. The van der Waals surface area contributed by atoms with Gasteiger partial charge in [0.05, 0.1) is 6.20 Å². The number of carbonyl (C=O) groups excluding carboxylic acids is 1. The van der Waals surface area contributed by atoms with Crippen molar-refractivity contribution < 1.29 is 9.90 Å². The molecule has 4 nitrogen and oxygen atoms in total. The van der Waals surface area contributed by atoms with Crippen molar-refractivity contribution in [2.24, 2.45) is 0 Å². The number of pyridine rings is 1. The first-order valence-electron chi connectivity index (χ1n) is 3.85. The minimum atomic E-state index is 0.190. The van der Waals surface area contributed by atoms with Gasteiger partial charge in [-0.3, -0.25) is 9.20 Å². The van der Waals surface area contributed by atoms with E-state index < -0.39 is 0 Å². The summed E-state index contributed by atoms with van der Waals surface area (Å²) in [5, 5.41) is 9.36. The van der Waals surface area contributed by atoms with E-state index in [1.807, 2.05) is 0 Å². The van der Waals surface area contributed by atoms with Crippen molar-refractivity contribution in [1.29, 1.82) is 0 Å². The molecule has 0 fully saturated rings. The number of carbonyl (C=O) groups is 1. The highest BCUT2D eigenvalue weighted by atomic mass is 16.3. The third kappa shape index (κ3) is 0.989. The second-order valence-corrected chi connectivity index (χ2v) is 2.82. The molecule has 0 aromatic carbocycles. The van der Waals surface area contributed by atoms with E-state index in [1.165, 1.54) is 12.3 Å². The van der Waals surface area contributed by atoms with Gasteiger partial charge in [0.2, 0.25) is 0 Å². The molecule has 2 aromatic rings. The molecule has 13 heavy (non-hydrogen) atoms. The van der Waals surface area contributed by atoms with Crippen LogP contribution in [0.3, 0.4) is 0 Å². The summed E-state index contributed by atoms with van der Waals surface area (Å²) >= 11 is 0. The number of fused-ring (bicyclic) bond motifs is 1. The van der Waals surface area contributed by atoms with Crippen LogP contribution in [0.15, 0.2) is 18.5 Å². The smallest absolute Gasteiger partial charge is 0.168 e. The van der Waals surface area contributed by atoms with Crippen LogP contribution in [-0.2, 0) is 0 Å². The average Bonchev–Trinajstić information content (AvgIpc) is 2.55. The lowest BCUT2D eigenvalue weighted by Gasteiger charge is -2.00. The maximum Gasteiger partial charge on any atom is 0.168 e. The van der Waals surface area contributed by atoms with Crippen molar-refractivity contribution in [1.82, 2.24) is 9.38 Å². The molecule has 0 atom stereocenters. The van der Waals surface area contributed by atoms with E-state index in [1.54, 1.807) is 17.5 Å². The van der Waals surface area contributed by atoms with Crippen molar-refractivity contribution in [2.45, 2.75) is 6.92 Å². The molecule has 0 saturated heterocycles. The molecule has 2 aromatic heterocycles. The van der Waals surface area contributed by atoms with Gasteiger partial charge in [0.15, 0.2) is 6.29 Å². The van der Waals surface area contributed by atoms with Gasteiger partial charge in [0.25, 0.3) is 0 Å². The third-order valence-electron chi connectivity index (χ3n) is 2.05. The number of nitrogens with zero attached hydrogens (tertiary/aromatic N) is 2. The summed E-state index contributed by atoms with van der Waals surface area (Å²) < 4.78 is 1.64. The monoisotopic (exact) mass is 176 g/mol. The van der Waals surface area contributed by atoms with Crippen LogP contribution in [0.25, 0.3) is 5.65 Å². The van der Waals surface area contributed by atoms with Crippen molar-refractivity contribution in [3.8, 4) is 5.75 Å². The fourth-order valence-electron chi connectivity index (χ4n) is 1.28. The van der Waals surface area contributed by atoms with Crippen LogP contribution in [0.1, 0.15) is 16.1 Å².